The number of unbranched alkanes of at least 4 members (excludes halogenated alkanes) is 1. The van der Waals surface area contributed by atoms with Crippen molar-refractivity contribution in [3.63, 3.8) is 0 Å². The van der Waals surface area contributed by atoms with Crippen LogP contribution in [-0.2, 0) is 4.74 Å². The molecule has 2 N–H and O–H groups in total. The van der Waals surface area contributed by atoms with Gasteiger partial charge < -0.3 is 15.2 Å². The van der Waals surface area contributed by atoms with Crippen LogP contribution in [0, 0.1) is 5.92 Å². The van der Waals surface area contributed by atoms with E-state index in [-0.39, 0.29) is 6.10 Å². The fourth-order valence-corrected chi connectivity index (χ4v) is 3.00. The van der Waals surface area contributed by atoms with E-state index in [0.29, 0.717) is 6.61 Å². The quantitative estimate of drug-likeness (QED) is 0.599. The Labute approximate surface area is 123 Å². The van der Waals surface area contributed by atoms with E-state index in [2.05, 4.69) is 17.1 Å². The number of hydrogen-bond acceptors (Lipinski definition) is 4. The molecule has 1 atom stereocenters. The second kappa shape index (κ2) is 8.98. The third-order valence-electron chi connectivity index (χ3n) is 4.41. The topological polar surface area (TPSA) is 44.7 Å². The zero-order chi connectivity index (χ0) is 14.2. The lowest BCUT2D eigenvalue weighted by atomic mass is 9.97. The van der Waals surface area contributed by atoms with E-state index in [4.69, 9.17) is 4.74 Å². The summed E-state index contributed by atoms with van der Waals surface area (Å²) in [6, 6.07) is 0.732. The summed E-state index contributed by atoms with van der Waals surface area (Å²) in [5, 5.41) is 13.6. The summed E-state index contributed by atoms with van der Waals surface area (Å²) in [6.07, 6.45) is 7.12. The number of nitrogens with zero attached hydrogens (tertiary/aromatic N) is 1. The number of rotatable bonds is 10. The van der Waals surface area contributed by atoms with Crippen LogP contribution in [0.2, 0.25) is 0 Å². The fourth-order valence-electron chi connectivity index (χ4n) is 3.00. The smallest absolute Gasteiger partial charge is 0.0900 e. The summed E-state index contributed by atoms with van der Waals surface area (Å²) in [6.45, 7) is 7.71. The molecular formula is C16H32N2O2. The predicted molar refractivity (Wildman–Crippen MR) is 81.9 cm³/mol. The summed E-state index contributed by atoms with van der Waals surface area (Å²) in [5.74, 6) is 0.810. The van der Waals surface area contributed by atoms with E-state index in [0.717, 1.165) is 51.0 Å². The van der Waals surface area contributed by atoms with Gasteiger partial charge in [0.15, 0.2) is 0 Å². The van der Waals surface area contributed by atoms with Crippen molar-refractivity contribution in [2.24, 2.45) is 5.92 Å². The largest absolute Gasteiger partial charge is 0.389 e. The van der Waals surface area contributed by atoms with E-state index in [1.54, 1.807) is 0 Å². The molecule has 1 heterocycles. The van der Waals surface area contributed by atoms with Gasteiger partial charge in [-0.1, -0.05) is 13.3 Å². The van der Waals surface area contributed by atoms with Crippen molar-refractivity contribution in [1.82, 2.24) is 10.2 Å². The van der Waals surface area contributed by atoms with E-state index >= 15 is 0 Å². The molecule has 1 saturated carbocycles. The first-order valence-electron chi connectivity index (χ1n) is 8.50. The van der Waals surface area contributed by atoms with Gasteiger partial charge in [0.1, 0.15) is 0 Å². The Bertz CT molecular complexity index is 253. The third kappa shape index (κ3) is 6.08. The SMILES string of the molecule is CCCCOCC(O)CN(CC1CCNCC1)C1CC1. The average Bonchev–Trinajstić information content (AvgIpc) is 3.29. The van der Waals surface area contributed by atoms with Crippen LogP contribution in [0.25, 0.3) is 0 Å². The third-order valence-corrected chi connectivity index (χ3v) is 4.41. The molecule has 0 amide bonds. The Morgan fingerprint density at radius 1 is 1.25 bits per heavy atom. The number of nitrogens with one attached hydrogen (secondary N) is 1. The van der Waals surface area contributed by atoms with Crippen LogP contribution in [0.15, 0.2) is 0 Å². The number of hydrogen-bond donors (Lipinski definition) is 2. The van der Waals surface area contributed by atoms with Crippen LogP contribution < -0.4 is 5.32 Å². The Balaban J connectivity index is 1.65. The van der Waals surface area contributed by atoms with Gasteiger partial charge in [-0.05, 0) is 51.1 Å². The fraction of sp³-hybridized carbons (Fsp3) is 1.00. The summed E-state index contributed by atoms with van der Waals surface area (Å²) in [4.78, 5) is 2.52. The molecule has 20 heavy (non-hydrogen) atoms. The van der Waals surface area contributed by atoms with Gasteiger partial charge in [0.05, 0.1) is 12.7 Å². The Morgan fingerprint density at radius 3 is 2.65 bits per heavy atom. The van der Waals surface area contributed by atoms with E-state index in [1.165, 1.54) is 32.2 Å². The molecular weight excluding hydrogens is 252 g/mol. The molecule has 2 rings (SSSR count). The highest BCUT2D eigenvalue weighted by molar-refractivity contribution is 4.87. The molecule has 4 nitrogen and oxygen atoms in total. The van der Waals surface area contributed by atoms with Crippen LogP contribution in [0.5, 0.6) is 0 Å². The van der Waals surface area contributed by atoms with Crippen LogP contribution in [0.1, 0.15) is 45.4 Å². The summed E-state index contributed by atoms with van der Waals surface area (Å²) in [7, 11) is 0. The highest BCUT2D eigenvalue weighted by atomic mass is 16.5. The highest BCUT2D eigenvalue weighted by Crippen LogP contribution is 2.29. The molecule has 118 valence electrons. The van der Waals surface area contributed by atoms with Gasteiger partial charge in [-0.2, -0.15) is 0 Å². The van der Waals surface area contributed by atoms with Crippen molar-refractivity contribution in [3.8, 4) is 0 Å². The molecule has 2 aliphatic rings. The zero-order valence-corrected chi connectivity index (χ0v) is 13.0. The summed E-state index contributed by atoms with van der Waals surface area (Å²) >= 11 is 0. The molecule has 0 aromatic rings. The Morgan fingerprint density at radius 2 is 2.00 bits per heavy atom. The Hall–Kier alpha value is -0.160. The maximum Gasteiger partial charge on any atom is 0.0900 e. The summed E-state index contributed by atoms with van der Waals surface area (Å²) in [5.41, 5.74) is 0. The van der Waals surface area contributed by atoms with Gasteiger partial charge in [-0.15, -0.1) is 0 Å². The van der Waals surface area contributed by atoms with Crippen LogP contribution in [0.4, 0.5) is 0 Å². The maximum absolute atomic E-state index is 10.1. The molecule has 0 aromatic carbocycles. The minimum atomic E-state index is -0.325. The molecule has 1 saturated heterocycles. The standard InChI is InChI=1S/C16H32N2O2/c1-2-3-10-20-13-16(19)12-18(15-4-5-15)11-14-6-8-17-9-7-14/h14-17,19H,2-13H2,1H3. The average molecular weight is 284 g/mol. The van der Waals surface area contributed by atoms with Crippen molar-refractivity contribution in [1.29, 1.82) is 0 Å². The van der Waals surface area contributed by atoms with Crippen LogP contribution in [0.3, 0.4) is 0 Å². The van der Waals surface area contributed by atoms with Gasteiger partial charge in [0.2, 0.25) is 0 Å². The summed E-state index contributed by atoms with van der Waals surface area (Å²) < 4.78 is 5.54. The highest BCUT2D eigenvalue weighted by Gasteiger charge is 2.32. The lowest BCUT2D eigenvalue weighted by Crippen LogP contribution is -2.41. The van der Waals surface area contributed by atoms with Crippen LogP contribution in [-0.4, -0.2) is 61.5 Å². The van der Waals surface area contributed by atoms with Crippen molar-refractivity contribution >= 4 is 0 Å². The number of aliphatic hydroxyl groups is 1. The molecule has 0 bridgehead atoms. The minimum absolute atomic E-state index is 0.325. The molecule has 0 aromatic heterocycles. The molecule has 1 aliphatic heterocycles. The molecule has 0 radical (unpaired) electrons. The van der Waals surface area contributed by atoms with E-state index in [9.17, 15) is 5.11 Å². The first-order chi connectivity index (χ1) is 9.79. The lowest BCUT2D eigenvalue weighted by Gasteiger charge is -2.31. The number of aliphatic hydroxyl groups excluding tert-OH is 1. The molecule has 2 fully saturated rings. The van der Waals surface area contributed by atoms with Gasteiger partial charge in [-0.25, -0.2) is 0 Å². The molecule has 1 unspecified atom stereocenters. The predicted octanol–water partition coefficient (Wildman–Crippen LogP) is 1.63. The minimum Gasteiger partial charge on any atom is -0.389 e. The van der Waals surface area contributed by atoms with Gasteiger partial charge >= 0.3 is 0 Å². The first-order valence-corrected chi connectivity index (χ1v) is 8.50. The zero-order valence-electron chi connectivity index (χ0n) is 13.0. The van der Waals surface area contributed by atoms with Crippen molar-refractivity contribution < 1.29 is 9.84 Å². The normalized spacial score (nSPS) is 22.4. The monoisotopic (exact) mass is 284 g/mol. The second-order valence-corrected chi connectivity index (χ2v) is 6.46. The van der Waals surface area contributed by atoms with Crippen molar-refractivity contribution in [2.45, 2.75) is 57.6 Å². The van der Waals surface area contributed by atoms with Crippen molar-refractivity contribution in [2.75, 3.05) is 39.4 Å². The van der Waals surface area contributed by atoms with Crippen LogP contribution >= 0.6 is 0 Å². The Kier molecular flexibility index (Phi) is 7.28. The van der Waals surface area contributed by atoms with E-state index in [1.807, 2.05) is 0 Å². The van der Waals surface area contributed by atoms with Gasteiger partial charge in [0, 0.05) is 25.7 Å². The maximum atomic E-state index is 10.1. The first kappa shape index (κ1) is 16.2. The van der Waals surface area contributed by atoms with Gasteiger partial charge in [0.25, 0.3) is 0 Å². The number of piperidine rings is 1. The number of ether oxygens (including phenoxy) is 1. The van der Waals surface area contributed by atoms with Gasteiger partial charge in [-0.3, -0.25) is 4.90 Å². The molecule has 1 aliphatic carbocycles. The van der Waals surface area contributed by atoms with E-state index < -0.39 is 0 Å². The lowest BCUT2D eigenvalue weighted by molar-refractivity contribution is 0.0107. The molecule has 4 heteroatoms. The molecule has 0 spiro atoms. The van der Waals surface area contributed by atoms with Crippen molar-refractivity contribution in [3.05, 3.63) is 0 Å². The second-order valence-electron chi connectivity index (χ2n) is 6.46.